The van der Waals surface area contributed by atoms with Gasteiger partial charge in [-0.25, -0.2) is 4.39 Å². The van der Waals surface area contributed by atoms with E-state index in [0.717, 1.165) is 0 Å². The SMILES string of the molecule is O=[13CH][C@H](O)[C@@H](F)[C@H](O)[C@H](O)CO. The van der Waals surface area contributed by atoms with Crippen LogP contribution in [0.25, 0.3) is 0 Å². The van der Waals surface area contributed by atoms with Gasteiger partial charge in [0.05, 0.1) is 6.61 Å². The van der Waals surface area contributed by atoms with E-state index in [1.54, 1.807) is 0 Å². The predicted octanol–water partition coefficient (Wildman–Crippen LogP) is -2.40. The minimum absolute atomic E-state index is 0.0992. The van der Waals surface area contributed by atoms with Crippen LogP contribution < -0.4 is 0 Å². The van der Waals surface area contributed by atoms with E-state index < -0.39 is 31.1 Å². The maximum Gasteiger partial charge on any atom is 0.161 e. The van der Waals surface area contributed by atoms with Crippen molar-refractivity contribution in [1.29, 1.82) is 0 Å². The van der Waals surface area contributed by atoms with Gasteiger partial charge in [-0.2, -0.15) is 0 Å². The van der Waals surface area contributed by atoms with Crippen LogP contribution >= 0.6 is 0 Å². The van der Waals surface area contributed by atoms with Gasteiger partial charge in [0.15, 0.2) is 12.5 Å². The Labute approximate surface area is 68.1 Å². The Morgan fingerprint density at radius 2 is 1.83 bits per heavy atom. The van der Waals surface area contributed by atoms with Crippen LogP contribution in [0.1, 0.15) is 0 Å². The molecule has 6 heteroatoms. The first kappa shape index (κ1) is 11.4. The molecule has 0 bridgehead atoms. The molecule has 0 spiro atoms. The molecule has 0 rings (SSSR count). The summed E-state index contributed by atoms with van der Waals surface area (Å²) in [6.45, 7) is -0.840. The number of hydrogen-bond donors (Lipinski definition) is 4. The lowest BCUT2D eigenvalue weighted by Gasteiger charge is -2.20. The van der Waals surface area contributed by atoms with Crippen molar-refractivity contribution in [3.05, 3.63) is 0 Å². The molecule has 5 nitrogen and oxygen atoms in total. The Kier molecular flexibility index (Phi) is 4.91. The van der Waals surface area contributed by atoms with Gasteiger partial charge in [0.2, 0.25) is 0 Å². The van der Waals surface area contributed by atoms with Crippen LogP contribution in [0.15, 0.2) is 0 Å². The molecule has 4 atom stereocenters. The molecule has 0 aromatic carbocycles. The van der Waals surface area contributed by atoms with Crippen LogP contribution in [0.5, 0.6) is 0 Å². The van der Waals surface area contributed by atoms with Crippen molar-refractivity contribution in [2.24, 2.45) is 0 Å². The molecule has 0 saturated heterocycles. The number of aliphatic hydroxyl groups excluding tert-OH is 4. The minimum atomic E-state index is -2.29. The molecule has 0 aliphatic carbocycles. The molecular weight excluding hydrogens is 172 g/mol. The zero-order chi connectivity index (χ0) is 9.72. The number of halogens is 1. The Balaban J connectivity index is 4.07. The number of rotatable bonds is 5. The fourth-order valence-electron chi connectivity index (χ4n) is 0.597. The second kappa shape index (κ2) is 5.15. The van der Waals surface area contributed by atoms with E-state index in [4.69, 9.17) is 20.4 Å². The summed E-state index contributed by atoms with van der Waals surface area (Å²) in [6, 6.07) is 0. The Morgan fingerprint density at radius 1 is 1.33 bits per heavy atom. The largest absolute Gasteiger partial charge is 0.394 e. The monoisotopic (exact) mass is 183 g/mol. The smallest absolute Gasteiger partial charge is 0.161 e. The van der Waals surface area contributed by atoms with E-state index in [0.29, 0.717) is 0 Å². The molecule has 0 aromatic rings. The van der Waals surface area contributed by atoms with Gasteiger partial charge in [-0.3, -0.25) is 0 Å². The third-order valence-electron chi connectivity index (χ3n) is 1.37. The average Bonchev–Trinajstić information content (AvgIpc) is 2.12. The summed E-state index contributed by atoms with van der Waals surface area (Å²) in [5.41, 5.74) is 0. The summed E-state index contributed by atoms with van der Waals surface area (Å²) in [5.74, 6) is 0. The van der Waals surface area contributed by atoms with Gasteiger partial charge in [0.25, 0.3) is 0 Å². The minimum Gasteiger partial charge on any atom is -0.394 e. The molecule has 0 amide bonds. The maximum absolute atomic E-state index is 12.6. The Morgan fingerprint density at radius 3 is 2.17 bits per heavy atom. The fourth-order valence-corrected chi connectivity index (χ4v) is 0.597. The van der Waals surface area contributed by atoms with Gasteiger partial charge in [-0.15, -0.1) is 0 Å². The quantitative estimate of drug-likeness (QED) is 0.281. The fraction of sp³-hybridized carbons (Fsp3) is 0.833. The molecule has 4 N–H and O–H groups in total. The van der Waals surface area contributed by atoms with Crippen molar-refractivity contribution >= 4 is 6.29 Å². The topological polar surface area (TPSA) is 98.0 Å². The van der Waals surface area contributed by atoms with E-state index in [1.807, 2.05) is 0 Å². The average molecular weight is 183 g/mol. The molecule has 0 unspecified atom stereocenters. The van der Waals surface area contributed by atoms with Gasteiger partial charge < -0.3 is 25.2 Å². The summed E-state index contributed by atoms with van der Waals surface area (Å²) in [7, 11) is 0. The molecule has 0 heterocycles. The Bertz CT molecular complexity index is 142. The predicted molar refractivity (Wildman–Crippen MR) is 36.1 cm³/mol. The summed E-state index contributed by atoms with van der Waals surface area (Å²) >= 11 is 0. The first-order valence-electron chi connectivity index (χ1n) is 3.29. The number of hydrogen-bond acceptors (Lipinski definition) is 5. The maximum atomic E-state index is 12.6. The van der Waals surface area contributed by atoms with E-state index in [1.165, 1.54) is 0 Å². The zero-order valence-electron chi connectivity index (χ0n) is 6.17. The van der Waals surface area contributed by atoms with Crippen molar-refractivity contribution < 1.29 is 29.6 Å². The van der Waals surface area contributed by atoms with Crippen LogP contribution in [-0.2, 0) is 4.79 Å². The molecule has 72 valence electrons. The Hall–Kier alpha value is -0.560. The van der Waals surface area contributed by atoms with Gasteiger partial charge in [0.1, 0.15) is 18.3 Å². The van der Waals surface area contributed by atoms with E-state index in [-0.39, 0.29) is 6.29 Å². The van der Waals surface area contributed by atoms with E-state index >= 15 is 0 Å². The summed E-state index contributed by atoms with van der Waals surface area (Å²) < 4.78 is 12.6. The summed E-state index contributed by atoms with van der Waals surface area (Å²) in [4.78, 5) is 9.82. The highest BCUT2D eigenvalue weighted by Gasteiger charge is 2.31. The van der Waals surface area contributed by atoms with Crippen LogP contribution in [0, 0.1) is 0 Å². The second-order valence-corrected chi connectivity index (χ2v) is 2.31. The number of carbonyl (C=O) groups excluding carboxylic acids is 1. The van der Waals surface area contributed by atoms with Gasteiger partial charge in [-0.05, 0) is 0 Å². The van der Waals surface area contributed by atoms with Crippen LogP contribution in [0.4, 0.5) is 4.39 Å². The normalized spacial score (nSPS) is 21.1. The number of aliphatic hydroxyl groups is 4. The zero-order valence-corrected chi connectivity index (χ0v) is 6.17. The number of carbonyl (C=O) groups is 1. The van der Waals surface area contributed by atoms with Crippen LogP contribution in [0.3, 0.4) is 0 Å². The first-order valence-corrected chi connectivity index (χ1v) is 3.29. The van der Waals surface area contributed by atoms with E-state index in [2.05, 4.69) is 0 Å². The highest BCUT2D eigenvalue weighted by Crippen LogP contribution is 2.07. The third-order valence-corrected chi connectivity index (χ3v) is 1.37. The number of alkyl halides is 1. The van der Waals surface area contributed by atoms with Crippen molar-refractivity contribution in [3.8, 4) is 0 Å². The van der Waals surface area contributed by atoms with Crippen LogP contribution in [-0.4, -0.2) is 57.8 Å². The highest BCUT2D eigenvalue weighted by atomic mass is 19.1. The van der Waals surface area contributed by atoms with Crippen molar-refractivity contribution in [3.63, 3.8) is 0 Å². The lowest BCUT2D eigenvalue weighted by molar-refractivity contribution is -0.126. The van der Waals surface area contributed by atoms with Gasteiger partial charge in [0, 0.05) is 0 Å². The molecule has 0 fully saturated rings. The molecule has 0 aromatic heterocycles. The summed E-state index contributed by atoms with van der Waals surface area (Å²) in [5, 5.41) is 34.3. The summed E-state index contributed by atoms with van der Waals surface area (Å²) in [6.07, 6.45) is -8.03. The molecular formula is C6H11FO5. The first-order chi connectivity index (χ1) is 5.54. The molecule has 0 saturated carbocycles. The third kappa shape index (κ3) is 2.82. The lowest BCUT2D eigenvalue weighted by Crippen LogP contribution is -2.43. The standard InChI is InChI=1S/C6H11FO5/c7-5(3(10)1-8)6(12)4(11)2-9/h1,3-6,9-12H,2H2/t3-,4+,5+,6+/m0/s1/i1+1. The molecule has 12 heavy (non-hydrogen) atoms. The number of aldehydes is 1. The lowest BCUT2D eigenvalue weighted by atomic mass is 10.1. The van der Waals surface area contributed by atoms with Crippen molar-refractivity contribution in [2.45, 2.75) is 24.5 Å². The molecule has 0 radical (unpaired) electrons. The van der Waals surface area contributed by atoms with Crippen molar-refractivity contribution in [2.75, 3.05) is 6.61 Å². The van der Waals surface area contributed by atoms with Gasteiger partial charge >= 0.3 is 0 Å². The van der Waals surface area contributed by atoms with E-state index in [9.17, 15) is 9.18 Å². The van der Waals surface area contributed by atoms with Crippen molar-refractivity contribution in [1.82, 2.24) is 0 Å². The molecule has 0 aliphatic heterocycles. The van der Waals surface area contributed by atoms with Gasteiger partial charge in [-0.1, -0.05) is 0 Å². The second-order valence-electron chi connectivity index (χ2n) is 2.31. The highest BCUT2D eigenvalue weighted by molar-refractivity contribution is 5.56. The molecule has 0 aliphatic rings. The van der Waals surface area contributed by atoms with Crippen LogP contribution in [0.2, 0.25) is 0 Å².